The molecule has 0 aliphatic rings. The number of aryl methyl sites for hydroxylation is 1. The number of methoxy groups -OCH3 is 2. The molecule has 0 amide bonds. The molecule has 0 aliphatic heterocycles. The predicted octanol–water partition coefficient (Wildman–Crippen LogP) is 4.55. The van der Waals surface area contributed by atoms with Crippen LogP contribution in [0.2, 0.25) is 0 Å². The van der Waals surface area contributed by atoms with Crippen LogP contribution in [0.25, 0.3) is 0 Å². The van der Waals surface area contributed by atoms with Gasteiger partial charge in [-0.05, 0) is 54.7 Å². The van der Waals surface area contributed by atoms with Gasteiger partial charge in [0.15, 0.2) is 11.5 Å². The molecule has 0 spiro atoms. The molecule has 1 atom stereocenters. The van der Waals surface area contributed by atoms with Crippen molar-refractivity contribution in [2.45, 2.75) is 32.8 Å². The first-order valence-corrected chi connectivity index (χ1v) is 8.65. The van der Waals surface area contributed by atoms with E-state index in [-0.39, 0.29) is 24.3 Å². The molecular weight excluding hydrogens is 335 g/mol. The molecule has 2 aromatic rings. The fraction of sp³-hybridized carbons (Fsp3) is 0.381. The Kier molecular flexibility index (Phi) is 7.45. The third kappa shape index (κ3) is 5.76. The minimum absolute atomic E-state index is 0.101. The lowest BCUT2D eigenvalue weighted by Crippen LogP contribution is -2.12. The van der Waals surface area contributed by atoms with Gasteiger partial charge in [0, 0.05) is 0 Å². The number of benzene rings is 2. The first-order valence-electron chi connectivity index (χ1n) is 8.65. The molecule has 0 bridgehead atoms. The van der Waals surface area contributed by atoms with Gasteiger partial charge < -0.3 is 14.2 Å². The average Bonchev–Trinajstić information content (AvgIpc) is 2.66. The lowest BCUT2D eigenvalue weighted by molar-refractivity contribution is -0.145. The van der Waals surface area contributed by atoms with E-state index in [1.807, 2.05) is 31.2 Å². The Balaban J connectivity index is 1.93. The quantitative estimate of drug-likeness (QED) is 0.616. The van der Waals surface area contributed by atoms with Crippen molar-refractivity contribution >= 4 is 5.97 Å². The molecule has 2 rings (SSSR count). The Morgan fingerprint density at radius 2 is 1.88 bits per heavy atom. The first kappa shape index (κ1) is 19.8. The molecular formula is C21H25FO4. The van der Waals surface area contributed by atoms with E-state index in [9.17, 15) is 9.18 Å². The summed E-state index contributed by atoms with van der Waals surface area (Å²) < 4.78 is 29.1. The molecule has 0 aromatic heterocycles. The van der Waals surface area contributed by atoms with E-state index >= 15 is 0 Å². The molecule has 0 heterocycles. The lowest BCUT2D eigenvalue weighted by atomic mass is 10.0. The zero-order chi connectivity index (χ0) is 18.9. The number of hydrogen-bond acceptors (Lipinski definition) is 4. The van der Waals surface area contributed by atoms with Gasteiger partial charge in [0.05, 0.1) is 20.1 Å². The summed E-state index contributed by atoms with van der Waals surface area (Å²) in [4.78, 5) is 11.4. The largest absolute Gasteiger partial charge is 0.493 e. The summed E-state index contributed by atoms with van der Waals surface area (Å²) in [6.45, 7) is 2.14. The third-order valence-electron chi connectivity index (χ3n) is 4.22. The maximum Gasteiger partial charge on any atom is 0.308 e. The van der Waals surface area contributed by atoms with Gasteiger partial charge in [-0.2, -0.15) is 0 Å². The highest BCUT2D eigenvalue weighted by atomic mass is 19.1. The minimum atomic E-state index is -0.283. The highest BCUT2D eigenvalue weighted by molar-refractivity contribution is 5.71. The van der Waals surface area contributed by atoms with E-state index in [2.05, 4.69) is 0 Å². The second kappa shape index (κ2) is 9.80. The zero-order valence-corrected chi connectivity index (χ0v) is 15.5. The Labute approximate surface area is 153 Å². The van der Waals surface area contributed by atoms with Gasteiger partial charge in [-0.15, -0.1) is 0 Å². The highest BCUT2D eigenvalue weighted by Gasteiger charge is 2.13. The molecule has 26 heavy (non-hydrogen) atoms. The predicted molar refractivity (Wildman–Crippen MR) is 97.8 cm³/mol. The van der Waals surface area contributed by atoms with E-state index in [0.29, 0.717) is 11.5 Å². The van der Waals surface area contributed by atoms with Crippen LogP contribution < -0.4 is 9.47 Å². The maximum atomic E-state index is 13.2. The number of halogens is 1. The topological polar surface area (TPSA) is 44.8 Å². The second-order valence-corrected chi connectivity index (χ2v) is 6.22. The molecule has 0 aliphatic carbocycles. The Hall–Kier alpha value is -2.56. The van der Waals surface area contributed by atoms with Gasteiger partial charge in [-0.25, -0.2) is 4.39 Å². The Morgan fingerprint density at radius 3 is 2.58 bits per heavy atom. The molecule has 0 radical (unpaired) electrons. The summed E-state index contributed by atoms with van der Waals surface area (Å²) in [5, 5.41) is 0. The summed E-state index contributed by atoms with van der Waals surface area (Å²) in [6.07, 6.45) is 2.48. The molecule has 1 unspecified atom stereocenters. The first-order chi connectivity index (χ1) is 12.5. The number of carbonyl (C=O) groups excluding carboxylic acids is 1. The summed E-state index contributed by atoms with van der Waals surface area (Å²) >= 11 is 0. The van der Waals surface area contributed by atoms with Crippen LogP contribution in [0.4, 0.5) is 4.39 Å². The van der Waals surface area contributed by atoms with Gasteiger partial charge >= 0.3 is 5.97 Å². The molecule has 0 saturated carbocycles. The van der Waals surface area contributed by atoms with E-state index in [1.54, 1.807) is 13.2 Å². The Morgan fingerprint density at radius 1 is 1.08 bits per heavy atom. The number of rotatable bonds is 9. The standard InChI is InChI=1S/C21H25FO4/c1-15(21(23)25-3)6-4-7-16-10-11-19(20(13-16)24-2)26-14-17-8-5-9-18(22)12-17/h5,8-13,15H,4,6-7,14H2,1-3H3. The molecule has 0 N–H and O–H groups in total. The molecule has 140 valence electrons. The van der Waals surface area contributed by atoms with Crippen molar-refractivity contribution < 1.29 is 23.4 Å². The average molecular weight is 360 g/mol. The second-order valence-electron chi connectivity index (χ2n) is 6.22. The number of hydrogen-bond donors (Lipinski definition) is 0. The van der Waals surface area contributed by atoms with E-state index in [1.165, 1.54) is 19.2 Å². The van der Waals surface area contributed by atoms with Crippen LogP contribution in [0, 0.1) is 11.7 Å². The number of ether oxygens (including phenoxy) is 3. The van der Waals surface area contributed by atoms with Crippen LogP contribution in [0.5, 0.6) is 11.5 Å². The molecule has 0 fully saturated rings. The smallest absolute Gasteiger partial charge is 0.308 e. The molecule has 5 heteroatoms. The minimum Gasteiger partial charge on any atom is -0.493 e. The van der Waals surface area contributed by atoms with Crippen molar-refractivity contribution in [3.63, 3.8) is 0 Å². The van der Waals surface area contributed by atoms with Crippen LogP contribution in [0.15, 0.2) is 42.5 Å². The van der Waals surface area contributed by atoms with Crippen LogP contribution in [-0.2, 0) is 22.6 Å². The van der Waals surface area contributed by atoms with Gasteiger partial charge in [0.2, 0.25) is 0 Å². The van der Waals surface area contributed by atoms with Crippen LogP contribution in [-0.4, -0.2) is 20.2 Å². The van der Waals surface area contributed by atoms with E-state index < -0.39 is 0 Å². The number of esters is 1. The van der Waals surface area contributed by atoms with Gasteiger partial charge in [0.25, 0.3) is 0 Å². The summed E-state index contributed by atoms with van der Waals surface area (Å²) in [6, 6.07) is 12.1. The normalized spacial score (nSPS) is 11.7. The van der Waals surface area contributed by atoms with Gasteiger partial charge in [0.1, 0.15) is 12.4 Å². The SMILES string of the molecule is COC(=O)C(C)CCCc1ccc(OCc2cccc(F)c2)c(OC)c1. The van der Waals surface area contributed by atoms with Crippen LogP contribution in [0.3, 0.4) is 0 Å². The van der Waals surface area contributed by atoms with Crippen molar-refractivity contribution in [2.24, 2.45) is 5.92 Å². The fourth-order valence-corrected chi connectivity index (χ4v) is 2.71. The van der Waals surface area contributed by atoms with Crippen molar-refractivity contribution in [2.75, 3.05) is 14.2 Å². The van der Waals surface area contributed by atoms with Crippen molar-refractivity contribution in [3.8, 4) is 11.5 Å². The van der Waals surface area contributed by atoms with Crippen LogP contribution in [0.1, 0.15) is 30.9 Å². The van der Waals surface area contributed by atoms with Gasteiger partial charge in [-0.1, -0.05) is 25.1 Å². The van der Waals surface area contributed by atoms with E-state index in [0.717, 1.165) is 30.4 Å². The summed E-state index contributed by atoms with van der Waals surface area (Å²) in [7, 11) is 3.00. The van der Waals surface area contributed by atoms with Crippen molar-refractivity contribution in [1.82, 2.24) is 0 Å². The molecule has 0 saturated heterocycles. The summed E-state index contributed by atoms with van der Waals surface area (Å²) in [5.74, 6) is 0.692. The number of carbonyl (C=O) groups is 1. The van der Waals surface area contributed by atoms with Crippen LogP contribution >= 0.6 is 0 Å². The van der Waals surface area contributed by atoms with E-state index in [4.69, 9.17) is 14.2 Å². The maximum absolute atomic E-state index is 13.2. The molecule has 4 nitrogen and oxygen atoms in total. The summed E-state index contributed by atoms with van der Waals surface area (Å²) in [5.41, 5.74) is 1.87. The molecule has 2 aromatic carbocycles. The third-order valence-corrected chi connectivity index (χ3v) is 4.22. The lowest BCUT2D eigenvalue weighted by Gasteiger charge is -2.13. The Bertz CT molecular complexity index is 730. The van der Waals surface area contributed by atoms with Gasteiger partial charge in [-0.3, -0.25) is 4.79 Å². The van der Waals surface area contributed by atoms with Crippen molar-refractivity contribution in [3.05, 3.63) is 59.4 Å². The highest BCUT2D eigenvalue weighted by Crippen LogP contribution is 2.29. The fourth-order valence-electron chi connectivity index (χ4n) is 2.71. The van der Waals surface area contributed by atoms with Crippen molar-refractivity contribution in [1.29, 1.82) is 0 Å². The zero-order valence-electron chi connectivity index (χ0n) is 15.5. The monoisotopic (exact) mass is 360 g/mol.